The van der Waals surface area contributed by atoms with Crippen LogP contribution in [0.5, 0.6) is 0 Å². The molecular weight excluding hydrogens is 524 g/mol. The Morgan fingerprint density at radius 3 is 2.63 bits per heavy atom. The average Bonchev–Trinajstić information content (AvgIpc) is 2.69. The SMILES string of the molecule is CCNC(c1ccc(I)c(Cl)c1)c1cc(Br)sc1Br. The number of hydrogen-bond donors (Lipinski definition) is 1. The number of benzene rings is 1. The van der Waals surface area contributed by atoms with Gasteiger partial charge in [-0.2, -0.15) is 0 Å². The third-order valence-corrected chi connectivity index (χ3v) is 6.64. The highest BCUT2D eigenvalue weighted by Gasteiger charge is 2.19. The van der Waals surface area contributed by atoms with Crippen molar-refractivity contribution in [2.24, 2.45) is 0 Å². The van der Waals surface area contributed by atoms with Crippen LogP contribution in [0.3, 0.4) is 0 Å². The topological polar surface area (TPSA) is 12.0 Å². The normalized spacial score (nSPS) is 12.7. The van der Waals surface area contributed by atoms with Crippen molar-refractivity contribution in [2.45, 2.75) is 13.0 Å². The van der Waals surface area contributed by atoms with Crippen molar-refractivity contribution in [1.82, 2.24) is 5.32 Å². The zero-order valence-corrected chi connectivity index (χ0v) is 16.9. The van der Waals surface area contributed by atoms with E-state index in [4.69, 9.17) is 11.6 Å². The Kier molecular flexibility index (Phi) is 6.17. The standard InChI is InChI=1S/C13H11Br2ClINS/c1-2-18-12(8-6-11(14)19-13(8)15)7-3-4-10(17)9(16)5-7/h3-6,12,18H,2H2,1H3. The fourth-order valence-electron chi connectivity index (χ4n) is 1.85. The quantitative estimate of drug-likeness (QED) is 0.458. The van der Waals surface area contributed by atoms with Crippen LogP contribution >= 0.6 is 77.4 Å². The van der Waals surface area contributed by atoms with E-state index in [1.54, 1.807) is 11.3 Å². The largest absolute Gasteiger partial charge is 0.306 e. The first-order valence-corrected chi connectivity index (χ1v) is 9.52. The molecule has 6 heteroatoms. The number of rotatable bonds is 4. The van der Waals surface area contributed by atoms with Crippen molar-refractivity contribution in [3.8, 4) is 0 Å². The van der Waals surface area contributed by atoms with Crippen LogP contribution in [0.15, 0.2) is 31.8 Å². The maximum atomic E-state index is 6.24. The van der Waals surface area contributed by atoms with Crippen LogP contribution in [0.2, 0.25) is 5.02 Å². The number of halogens is 4. The molecule has 0 radical (unpaired) electrons. The Morgan fingerprint density at radius 2 is 2.11 bits per heavy atom. The minimum atomic E-state index is 0.149. The molecule has 0 aliphatic heterocycles. The summed E-state index contributed by atoms with van der Waals surface area (Å²) in [6, 6.07) is 8.51. The van der Waals surface area contributed by atoms with E-state index in [0.717, 1.165) is 22.7 Å². The molecule has 1 aromatic heterocycles. The fraction of sp³-hybridized carbons (Fsp3) is 0.231. The van der Waals surface area contributed by atoms with E-state index < -0.39 is 0 Å². The van der Waals surface area contributed by atoms with Gasteiger partial charge in [0, 0.05) is 3.57 Å². The molecule has 1 atom stereocenters. The van der Waals surface area contributed by atoms with Crippen LogP contribution in [-0.2, 0) is 0 Å². The van der Waals surface area contributed by atoms with E-state index >= 15 is 0 Å². The average molecular weight is 535 g/mol. The lowest BCUT2D eigenvalue weighted by Gasteiger charge is -2.18. The van der Waals surface area contributed by atoms with Crippen LogP contribution in [0.4, 0.5) is 0 Å². The van der Waals surface area contributed by atoms with Gasteiger partial charge < -0.3 is 5.32 Å². The van der Waals surface area contributed by atoms with E-state index in [0.29, 0.717) is 0 Å². The van der Waals surface area contributed by atoms with Crippen molar-refractivity contribution >= 4 is 77.4 Å². The first kappa shape index (κ1) is 16.2. The molecule has 2 rings (SSSR count). The Balaban J connectivity index is 2.44. The minimum absolute atomic E-state index is 0.149. The van der Waals surface area contributed by atoms with Gasteiger partial charge in [0.1, 0.15) is 0 Å². The van der Waals surface area contributed by atoms with Crippen LogP contribution in [0, 0.1) is 3.57 Å². The molecule has 0 spiro atoms. The lowest BCUT2D eigenvalue weighted by molar-refractivity contribution is 0.630. The van der Waals surface area contributed by atoms with Gasteiger partial charge in [0.05, 0.1) is 18.6 Å². The second kappa shape index (κ2) is 7.22. The van der Waals surface area contributed by atoms with Crippen LogP contribution in [0.1, 0.15) is 24.1 Å². The highest BCUT2D eigenvalue weighted by atomic mass is 127. The predicted octanol–water partition coefficient (Wildman–Crippen LogP) is 6.23. The summed E-state index contributed by atoms with van der Waals surface area (Å²) in [5, 5.41) is 4.31. The molecule has 1 unspecified atom stereocenters. The summed E-state index contributed by atoms with van der Waals surface area (Å²) in [5.41, 5.74) is 2.41. The van der Waals surface area contributed by atoms with Gasteiger partial charge in [-0.1, -0.05) is 24.6 Å². The summed E-state index contributed by atoms with van der Waals surface area (Å²) in [5.74, 6) is 0. The van der Waals surface area contributed by atoms with Gasteiger partial charge in [0.25, 0.3) is 0 Å². The Morgan fingerprint density at radius 1 is 1.37 bits per heavy atom. The predicted molar refractivity (Wildman–Crippen MR) is 99.4 cm³/mol. The summed E-state index contributed by atoms with van der Waals surface area (Å²) in [6.07, 6.45) is 0. The number of hydrogen-bond acceptors (Lipinski definition) is 2. The molecule has 0 saturated carbocycles. The van der Waals surface area contributed by atoms with Gasteiger partial charge in [0.2, 0.25) is 0 Å². The zero-order valence-electron chi connectivity index (χ0n) is 10.0. The zero-order chi connectivity index (χ0) is 14.0. The molecule has 0 aliphatic carbocycles. The summed E-state index contributed by atoms with van der Waals surface area (Å²) >= 11 is 17.3. The number of nitrogens with one attached hydrogen (secondary N) is 1. The molecular formula is C13H11Br2ClINS. The fourth-order valence-corrected chi connectivity index (χ4v) is 5.28. The molecule has 1 N–H and O–H groups in total. The second-order valence-corrected chi connectivity index (χ2v) is 9.26. The summed E-state index contributed by atoms with van der Waals surface area (Å²) in [4.78, 5) is 0. The third-order valence-electron chi connectivity index (χ3n) is 2.68. The Labute approximate surface area is 152 Å². The van der Waals surface area contributed by atoms with Crippen LogP contribution < -0.4 is 5.32 Å². The van der Waals surface area contributed by atoms with Gasteiger partial charge in [-0.15, -0.1) is 11.3 Å². The second-order valence-electron chi connectivity index (χ2n) is 3.94. The lowest BCUT2D eigenvalue weighted by atomic mass is 10.0. The molecule has 102 valence electrons. The molecule has 0 fully saturated rings. The maximum Gasteiger partial charge on any atom is 0.0761 e. The molecule has 1 aromatic carbocycles. The van der Waals surface area contributed by atoms with Crippen LogP contribution in [-0.4, -0.2) is 6.54 Å². The Hall–Kier alpha value is 0.860. The van der Waals surface area contributed by atoms with Gasteiger partial charge in [-0.05, 0) is 90.3 Å². The van der Waals surface area contributed by atoms with Crippen molar-refractivity contribution < 1.29 is 0 Å². The molecule has 2 aromatic rings. The van der Waals surface area contributed by atoms with Crippen molar-refractivity contribution in [1.29, 1.82) is 0 Å². The van der Waals surface area contributed by atoms with Crippen molar-refractivity contribution in [2.75, 3.05) is 6.54 Å². The molecule has 1 heterocycles. The molecule has 0 saturated heterocycles. The molecule has 19 heavy (non-hydrogen) atoms. The molecule has 0 aliphatic rings. The first-order valence-electron chi connectivity index (χ1n) is 5.66. The molecule has 0 amide bonds. The smallest absolute Gasteiger partial charge is 0.0761 e. The highest BCUT2D eigenvalue weighted by molar-refractivity contribution is 14.1. The van der Waals surface area contributed by atoms with E-state index in [2.05, 4.69) is 84.9 Å². The van der Waals surface area contributed by atoms with Crippen molar-refractivity contribution in [3.63, 3.8) is 0 Å². The maximum absolute atomic E-state index is 6.24. The lowest BCUT2D eigenvalue weighted by Crippen LogP contribution is -2.21. The minimum Gasteiger partial charge on any atom is -0.306 e. The van der Waals surface area contributed by atoms with Crippen LogP contribution in [0.25, 0.3) is 0 Å². The van der Waals surface area contributed by atoms with E-state index in [-0.39, 0.29) is 6.04 Å². The third kappa shape index (κ3) is 3.95. The van der Waals surface area contributed by atoms with Crippen molar-refractivity contribution in [3.05, 3.63) is 51.6 Å². The molecule has 1 nitrogen and oxygen atoms in total. The van der Waals surface area contributed by atoms with Gasteiger partial charge >= 0.3 is 0 Å². The Bertz CT molecular complexity index is 588. The molecule has 0 bridgehead atoms. The summed E-state index contributed by atoms with van der Waals surface area (Å²) in [6.45, 7) is 3.00. The van der Waals surface area contributed by atoms with Gasteiger partial charge in [0.15, 0.2) is 0 Å². The van der Waals surface area contributed by atoms with Gasteiger partial charge in [-0.25, -0.2) is 0 Å². The van der Waals surface area contributed by atoms with Gasteiger partial charge in [-0.3, -0.25) is 0 Å². The monoisotopic (exact) mass is 533 g/mol. The van der Waals surface area contributed by atoms with E-state index in [1.165, 1.54) is 11.1 Å². The van der Waals surface area contributed by atoms with E-state index in [9.17, 15) is 0 Å². The van der Waals surface area contributed by atoms with E-state index in [1.807, 2.05) is 6.07 Å². The number of thiophene rings is 1. The first-order chi connectivity index (χ1) is 9.02. The highest BCUT2D eigenvalue weighted by Crippen LogP contribution is 2.38. The summed E-state index contributed by atoms with van der Waals surface area (Å²) < 4.78 is 3.33. The summed E-state index contributed by atoms with van der Waals surface area (Å²) in [7, 11) is 0.